The molecule has 0 amide bonds. The summed E-state index contributed by atoms with van der Waals surface area (Å²) in [5.74, 6) is 0.316. The third-order valence-corrected chi connectivity index (χ3v) is 3.22. The van der Waals surface area contributed by atoms with Crippen molar-refractivity contribution in [3.8, 4) is 6.07 Å². The van der Waals surface area contributed by atoms with Gasteiger partial charge in [-0.3, -0.25) is 4.40 Å². The summed E-state index contributed by atoms with van der Waals surface area (Å²) < 4.78 is 1.65. The molecule has 2 heterocycles. The fraction of sp³-hybridized carbons (Fsp3) is 0. The minimum atomic E-state index is 0.244. The molecule has 0 spiro atoms. The van der Waals surface area contributed by atoms with Gasteiger partial charge in [0.25, 0.3) is 0 Å². The van der Waals surface area contributed by atoms with Gasteiger partial charge in [0.15, 0.2) is 5.49 Å². The van der Waals surface area contributed by atoms with Gasteiger partial charge in [-0.25, -0.2) is 9.98 Å². The Kier molecular flexibility index (Phi) is 3.30. The minimum absolute atomic E-state index is 0.244. The van der Waals surface area contributed by atoms with Gasteiger partial charge in [0.1, 0.15) is 23.1 Å². The molecule has 0 atom stereocenters. The molecular formula is C15H10ClN5. The van der Waals surface area contributed by atoms with Crippen molar-refractivity contribution >= 4 is 28.8 Å². The third kappa shape index (κ3) is 2.45. The second-order valence-electron chi connectivity index (χ2n) is 4.32. The van der Waals surface area contributed by atoms with Crippen LogP contribution in [-0.4, -0.2) is 9.38 Å². The molecule has 102 valence electrons. The Labute approximate surface area is 125 Å². The van der Waals surface area contributed by atoms with E-state index in [1.54, 1.807) is 40.9 Å². The predicted molar refractivity (Wildman–Crippen MR) is 81.0 cm³/mol. The van der Waals surface area contributed by atoms with Crippen LogP contribution >= 0.6 is 11.6 Å². The topological polar surface area (TPSA) is 79.5 Å². The number of halogens is 1. The van der Waals surface area contributed by atoms with E-state index >= 15 is 0 Å². The van der Waals surface area contributed by atoms with E-state index in [2.05, 4.69) is 16.0 Å². The first-order chi connectivity index (χ1) is 10.2. The smallest absolute Gasteiger partial charge is 0.176 e. The van der Waals surface area contributed by atoms with Crippen LogP contribution in [0.2, 0.25) is 5.02 Å². The zero-order valence-corrected chi connectivity index (χ0v) is 11.6. The van der Waals surface area contributed by atoms with Crippen molar-refractivity contribution in [3.05, 3.63) is 64.7 Å². The van der Waals surface area contributed by atoms with E-state index in [9.17, 15) is 5.26 Å². The van der Waals surface area contributed by atoms with Crippen molar-refractivity contribution in [2.75, 3.05) is 5.73 Å². The minimum Gasteiger partial charge on any atom is -0.384 e. The van der Waals surface area contributed by atoms with Crippen molar-refractivity contribution in [2.45, 2.75) is 0 Å². The zero-order valence-electron chi connectivity index (χ0n) is 10.9. The van der Waals surface area contributed by atoms with Gasteiger partial charge < -0.3 is 5.73 Å². The lowest BCUT2D eigenvalue weighted by atomic mass is 10.3. The number of nitrogens with two attached hydrogens (primary N) is 1. The van der Waals surface area contributed by atoms with Crippen molar-refractivity contribution in [1.82, 2.24) is 9.38 Å². The number of hydrogen-bond acceptors (Lipinski definition) is 4. The highest BCUT2D eigenvalue weighted by Crippen LogP contribution is 2.16. The van der Waals surface area contributed by atoms with Crippen molar-refractivity contribution in [1.29, 1.82) is 5.26 Å². The Hall–Kier alpha value is -2.84. The Morgan fingerprint density at radius 1 is 1.19 bits per heavy atom. The number of nitrogen functional groups attached to an aromatic ring is 1. The summed E-state index contributed by atoms with van der Waals surface area (Å²) in [6, 6.07) is 14.5. The monoisotopic (exact) mass is 295 g/mol. The molecule has 1 aromatic carbocycles. The van der Waals surface area contributed by atoms with E-state index in [0.29, 0.717) is 27.7 Å². The highest BCUT2D eigenvalue weighted by atomic mass is 35.5. The van der Waals surface area contributed by atoms with Crippen LogP contribution in [-0.2, 0) is 0 Å². The van der Waals surface area contributed by atoms with Gasteiger partial charge in [0.2, 0.25) is 0 Å². The molecule has 21 heavy (non-hydrogen) atoms. The second kappa shape index (κ2) is 5.27. The van der Waals surface area contributed by atoms with Gasteiger partial charge >= 0.3 is 0 Å². The van der Waals surface area contributed by atoms with Gasteiger partial charge in [0, 0.05) is 11.2 Å². The Balaban J connectivity index is 2.31. The molecule has 0 unspecified atom stereocenters. The molecule has 5 nitrogen and oxygen atoms in total. The van der Waals surface area contributed by atoms with Gasteiger partial charge in [-0.1, -0.05) is 17.7 Å². The summed E-state index contributed by atoms with van der Waals surface area (Å²) in [5.41, 5.74) is 7.85. The lowest BCUT2D eigenvalue weighted by molar-refractivity contribution is 1.04. The number of fused-ring (bicyclic) bond motifs is 1. The Bertz CT molecular complexity index is 919. The Morgan fingerprint density at radius 3 is 2.67 bits per heavy atom. The molecule has 0 aliphatic carbocycles. The van der Waals surface area contributed by atoms with Crippen LogP contribution in [0.25, 0.3) is 5.65 Å². The number of nitrogens with zero attached hydrogens (tertiary/aromatic N) is 4. The molecule has 0 saturated heterocycles. The first-order valence-corrected chi connectivity index (χ1v) is 6.54. The maximum atomic E-state index is 9.32. The highest BCUT2D eigenvalue weighted by Gasteiger charge is 2.08. The average Bonchev–Trinajstić information content (AvgIpc) is 2.50. The molecule has 6 heteroatoms. The molecule has 3 rings (SSSR count). The standard InChI is InChI=1S/C15H10ClN5/c16-10-4-6-11(7-5-10)19-15-12(9-17)14(18)21-8-2-1-3-13(21)20-15/h1-8H,18H2. The van der Waals surface area contributed by atoms with Crippen LogP contribution in [0, 0.1) is 11.3 Å². The number of nitriles is 1. The lowest BCUT2D eigenvalue weighted by Crippen LogP contribution is -2.18. The lowest BCUT2D eigenvalue weighted by Gasteiger charge is -2.06. The van der Waals surface area contributed by atoms with E-state index in [1.165, 1.54) is 0 Å². The first kappa shape index (κ1) is 13.2. The summed E-state index contributed by atoms with van der Waals surface area (Å²) in [5, 5.41) is 9.94. The summed E-state index contributed by atoms with van der Waals surface area (Å²) in [6.07, 6.45) is 1.75. The van der Waals surface area contributed by atoms with E-state index in [-0.39, 0.29) is 5.56 Å². The number of benzene rings is 1. The van der Waals surface area contributed by atoms with E-state index in [1.807, 2.05) is 12.1 Å². The SMILES string of the molecule is N#Cc1c(N)n2ccccc2nc1=Nc1ccc(Cl)cc1. The van der Waals surface area contributed by atoms with Crippen molar-refractivity contribution in [3.63, 3.8) is 0 Å². The maximum absolute atomic E-state index is 9.32. The van der Waals surface area contributed by atoms with Gasteiger partial charge in [-0.05, 0) is 36.4 Å². The highest BCUT2D eigenvalue weighted by molar-refractivity contribution is 6.30. The number of pyridine rings is 1. The molecule has 0 bridgehead atoms. The largest absolute Gasteiger partial charge is 0.384 e. The zero-order chi connectivity index (χ0) is 14.8. The summed E-state index contributed by atoms with van der Waals surface area (Å²) in [4.78, 5) is 8.76. The number of anilines is 1. The van der Waals surface area contributed by atoms with Crippen LogP contribution in [0.5, 0.6) is 0 Å². The molecule has 3 aromatic rings. The predicted octanol–water partition coefficient (Wildman–Crippen LogP) is 2.67. The van der Waals surface area contributed by atoms with Gasteiger partial charge in [-0.2, -0.15) is 5.26 Å². The van der Waals surface area contributed by atoms with E-state index in [4.69, 9.17) is 17.3 Å². The van der Waals surface area contributed by atoms with Crippen LogP contribution < -0.4 is 11.2 Å². The number of rotatable bonds is 1. The first-order valence-electron chi connectivity index (χ1n) is 6.16. The number of hydrogen-bond donors (Lipinski definition) is 1. The van der Waals surface area contributed by atoms with Crippen LogP contribution in [0.1, 0.15) is 5.56 Å². The quantitative estimate of drug-likeness (QED) is 0.749. The summed E-state index contributed by atoms with van der Waals surface area (Å²) >= 11 is 5.84. The Morgan fingerprint density at radius 2 is 1.95 bits per heavy atom. The average molecular weight is 296 g/mol. The van der Waals surface area contributed by atoms with Crippen molar-refractivity contribution in [2.24, 2.45) is 4.99 Å². The van der Waals surface area contributed by atoms with Crippen LogP contribution in [0.3, 0.4) is 0 Å². The van der Waals surface area contributed by atoms with Crippen molar-refractivity contribution < 1.29 is 0 Å². The molecule has 0 aliphatic heterocycles. The normalized spacial score (nSPS) is 11.5. The van der Waals surface area contributed by atoms with Gasteiger partial charge in [0.05, 0.1) is 5.69 Å². The molecule has 0 radical (unpaired) electrons. The molecule has 0 aliphatic rings. The molecule has 2 aromatic heterocycles. The van der Waals surface area contributed by atoms with Crippen LogP contribution in [0.15, 0.2) is 53.7 Å². The van der Waals surface area contributed by atoms with E-state index in [0.717, 1.165) is 0 Å². The van der Waals surface area contributed by atoms with Crippen LogP contribution in [0.4, 0.5) is 11.5 Å². The fourth-order valence-corrected chi connectivity index (χ4v) is 2.08. The second-order valence-corrected chi connectivity index (χ2v) is 4.76. The van der Waals surface area contributed by atoms with Gasteiger partial charge in [-0.15, -0.1) is 0 Å². The summed E-state index contributed by atoms with van der Waals surface area (Å²) in [7, 11) is 0. The maximum Gasteiger partial charge on any atom is 0.176 e. The molecule has 0 saturated carbocycles. The molecule has 0 fully saturated rings. The summed E-state index contributed by atoms with van der Waals surface area (Å²) in [6.45, 7) is 0. The fourth-order valence-electron chi connectivity index (χ4n) is 1.95. The number of aromatic nitrogens is 2. The third-order valence-electron chi connectivity index (χ3n) is 2.97. The molecular weight excluding hydrogens is 286 g/mol. The molecule has 2 N–H and O–H groups in total. The van der Waals surface area contributed by atoms with E-state index < -0.39 is 0 Å².